The number of hydrogen-bond donors (Lipinski definition) is 2. The molecule has 2 aromatic carbocycles. The predicted molar refractivity (Wildman–Crippen MR) is 117 cm³/mol. The van der Waals surface area contributed by atoms with Crippen molar-refractivity contribution in [3.05, 3.63) is 87.2 Å². The van der Waals surface area contributed by atoms with Gasteiger partial charge >= 0.3 is 0 Å². The number of carbonyl (C=O) groups is 2. The number of nitrogens with one attached hydrogen (secondary N) is 2. The molecule has 0 fully saturated rings. The van der Waals surface area contributed by atoms with Crippen molar-refractivity contribution in [1.29, 1.82) is 0 Å². The Hall–Kier alpha value is -3.38. The molecule has 3 aromatic rings. The third kappa shape index (κ3) is 5.12. The lowest BCUT2D eigenvalue weighted by molar-refractivity contribution is -0.113. The van der Waals surface area contributed by atoms with Crippen LogP contribution in [0.1, 0.15) is 26.4 Å². The fourth-order valence-corrected chi connectivity index (χ4v) is 3.35. The standard InChI is InChI=1S/C23H22N2O3S/c1-15-10-11-17(13-16(15)2)22(26)25-20(14-18-7-6-12-29-18)23(27)24-19-8-4-5-9-21(19)28-3/h4-14H,1-3H3,(H,24,27)(H,25,26)/b20-14-. The number of thiophene rings is 1. The van der Waals surface area contributed by atoms with Crippen LogP contribution in [-0.2, 0) is 4.79 Å². The second-order valence-electron chi connectivity index (χ2n) is 6.48. The molecule has 3 rings (SSSR count). The van der Waals surface area contributed by atoms with Crippen molar-refractivity contribution in [2.24, 2.45) is 0 Å². The Balaban J connectivity index is 1.87. The largest absolute Gasteiger partial charge is 0.495 e. The Morgan fingerprint density at radius 1 is 1.00 bits per heavy atom. The topological polar surface area (TPSA) is 67.4 Å². The van der Waals surface area contributed by atoms with Crippen molar-refractivity contribution < 1.29 is 14.3 Å². The van der Waals surface area contributed by atoms with Gasteiger partial charge in [-0.3, -0.25) is 9.59 Å². The summed E-state index contributed by atoms with van der Waals surface area (Å²) >= 11 is 1.48. The summed E-state index contributed by atoms with van der Waals surface area (Å²) in [6, 6.07) is 16.3. The first kappa shape index (κ1) is 20.4. The molecule has 2 N–H and O–H groups in total. The predicted octanol–water partition coefficient (Wildman–Crippen LogP) is 4.78. The minimum Gasteiger partial charge on any atom is -0.495 e. The molecule has 29 heavy (non-hydrogen) atoms. The molecule has 1 heterocycles. The van der Waals surface area contributed by atoms with Crippen LogP contribution in [0.3, 0.4) is 0 Å². The highest BCUT2D eigenvalue weighted by Gasteiger charge is 2.17. The van der Waals surface area contributed by atoms with Gasteiger partial charge in [-0.25, -0.2) is 0 Å². The zero-order valence-corrected chi connectivity index (χ0v) is 17.3. The van der Waals surface area contributed by atoms with Crippen molar-refractivity contribution in [2.45, 2.75) is 13.8 Å². The van der Waals surface area contributed by atoms with Crippen LogP contribution in [0.25, 0.3) is 6.08 Å². The van der Waals surface area contributed by atoms with E-state index in [9.17, 15) is 9.59 Å². The van der Waals surface area contributed by atoms with Gasteiger partial charge < -0.3 is 15.4 Å². The molecule has 0 spiro atoms. The Kier molecular flexibility index (Phi) is 6.46. The molecule has 1 aromatic heterocycles. The van der Waals surface area contributed by atoms with Crippen LogP contribution in [0.5, 0.6) is 5.75 Å². The van der Waals surface area contributed by atoms with Crippen LogP contribution in [0.2, 0.25) is 0 Å². The molecule has 0 saturated carbocycles. The van der Waals surface area contributed by atoms with Crippen molar-refractivity contribution >= 4 is 34.9 Å². The highest BCUT2D eigenvalue weighted by Crippen LogP contribution is 2.24. The van der Waals surface area contributed by atoms with Gasteiger partial charge in [0, 0.05) is 10.4 Å². The molecule has 0 unspecified atom stereocenters. The first-order valence-electron chi connectivity index (χ1n) is 9.06. The average Bonchev–Trinajstić information content (AvgIpc) is 3.23. The van der Waals surface area contributed by atoms with Crippen LogP contribution in [-0.4, -0.2) is 18.9 Å². The zero-order valence-electron chi connectivity index (χ0n) is 16.5. The number of hydrogen-bond acceptors (Lipinski definition) is 4. The summed E-state index contributed by atoms with van der Waals surface area (Å²) in [6.45, 7) is 3.93. The normalized spacial score (nSPS) is 11.1. The lowest BCUT2D eigenvalue weighted by Crippen LogP contribution is -2.30. The van der Waals surface area contributed by atoms with Gasteiger partial charge in [0.25, 0.3) is 11.8 Å². The smallest absolute Gasteiger partial charge is 0.272 e. The molecule has 0 bridgehead atoms. The maximum Gasteiger partial charge on any atom is 0.272 e. The Morgan fingerprint density at radius 3 is 2.48 bits per heavy atom. The van der Waals surface area contributed by atoms with E-state index in [1.54, 1.807) is 30.3 Å². The Labute approximate surface area is 174 Å². The van der Waals surface area contributed by atoms with E-state index in [1.165, 1.54) is 18.4 Å². The van der Waals surface area contributed by atoms with Gasteiger partial charge in [-0.2, -0.15) is 0 Å². The number of aryl methyl sites for hydroxylation is 2. The van der Waals surface area contributed by atoms with E-state index < -0.39 is 5.91 Å². The number of amides is 2. The van der Waals surface area contributed by atoms with Gasteiger partial charge in [0.2, 0.25) is 0 Å². The first-order chi connectivity index (χ1) is 14.0. The maximum atomic E-state index is 12.9. The highest BCUT2D eigenvalue weighted by atomic mass is 32.1. The SMILES string of the molecule is COc1ccccc1NC(=O)/C(=C/c1cccs1)NC(=O)c1ccc(C)c(C)c1. The second kappa shape index (κ2) is 9.21. The highest BCUT2D eigenvalue weighted by molar-refractivity contribution is 7.10. The fourth-order valence-electron chi connectivity index (χ4n) is 2.69. The van der Waals surface area contributed by atoms with Gasteiger partial charge in [0.05, 0.1) is 12.8 Å². The van der Waals surface area contributed by atoms with Crippen molar-refractivity contribution in [3.8, 4) is 5.75 Å². The van der Waals surface area contributed by atoms with Gasteiger partial charge in [0.1, 0.15) is 11.4 Å². The van der Waals surface area contributed by atoms with Crippen LogP contribution >= 0.6 is 11.3 Å². The summed E-state index contributed by atoms with van der Waals surface area (Å²) in [5.41, 5.74) is 3.29. The summed E-state index contributed by atoms with van der Waals surface area (Å²) in [7, 11) is 1.54. The minimum absolute atomic E-state index is 0.154. The van der Waals surface area contributed by atoms with E-state index in [4.69, 9.17) is 4.74 Å². The quantitative estimate of drug-likeness (QED) is 0.579. The zero-order chi connectivity index (χ0) is 20.8. The molecule has 0 aliphatic rings. The van der Waals surface area contributed by atoms with Crippen LogP contribution in [0, 0.1) is 13.8 Å². The molecule has 0 aliphatic carbocycles. The van der Waals surface area contributed by atoms with E-state index in [2.05, 4.69) is 10.6 Å². The number of benzene rings is 2. The third-order valence-electron chi connectivity index (χ3n) is 4.45. The molecule has 0 saturated heterocycles. The summed E-state index contributed by atoms with van der Waals surface area (Å²) in [5.74, 6) is -0.233. The van der Waals surface area contributed by atoms with Crippen LogP contribution in [0.15, 0.2) is 65.7 Å². The number of carbonyl (C=O) groups excluding carboxylic acids is 2. The molecular formula is C23H22N2O3S. The lowest BCUT2D eigenvalue weighted by Gasteiger charge is -2.13. The molecule has 0 atom stereocenters. The summed E-state index contributed by atoms with van der Waals surface area (Å²) in [6.07, 6.45) is 1.66. The molecule has 0 radical (unpaired) electrons. The molecule has 148 valence electrons. The van der Waals surface area contributed by atoms with Crippen molar-refractivity contribution in [2.75, 3.05) is 12.4 Å². The molecule has 6 heteroatoms. The van der Waals surface area contributed by atoms with E-state index in [-0.39, 0.29) is 11.6 Å². The molecule has 2 amide bonds. The average molecular weight is 407 g/mol. The van der Waals surface area contributed by atoms with E-state index in [0.717, 1.165) is 16.0 Å². The van der Waals surface area contributed by atoms with Crippen molar-refractivity contribution in [3.63, 3.8) is 0 Å². The fraction of sp³-hybridized carbons (Fsp3) is 0.130. The molecule has 0 aliphatic heterocycles. The number of methoxy groups -OCH3 is 1. The first-order valence-corrected chi connectivity index (χ1v) is 9.94. The third-order valence-corrected chi connectivity index (χ3v) is 5.27. The maximum absolute atomic E-state index is 12.9. The van der Waals surface area contributed by atoms with Crippen molar-refractivity contribution in [1.82, 2.24) is 5.32 Å². The number of para-hydroxylation sites is 2. The van der Waals surface area contributed by atoms with E-state index in [0.29, 0.717) is 17.0 Å². The minimum atomic E-state index is -0.430. The number of anilines is 1. The summed E-state index contributed by atoms with van der Waals surface area (Å²) in [4.78, 5) is 26.6. The lowest BCUT2D eigenvalue weighted by atomic mass is 10.1. The van der Waals surface area contributed by atoms with Gasteiger partial charge in [-0.15, -0.1) is 11.3 Å². The van der Waals surface area contributed by atoms with Gasteiger partial charge in [0.15, 0.2) is 0 Å². The number of rotatable bonds is 6. The summed E-state index contributed by atoms with van der Waals surface area (Å²) < 4.78 is 5.29. The van der Waals surface area contributed by atoms with E-state index >= 15 is 0 Å². The Morgan fingerprint density at radius 2 is 1.79 bits per heavy atom. The summed E-state index contributed by atoms with van der Waals surface area (Å²) in [5, 5.41) is 7.47. The van der Waals surface area contributed by atoms with Crippen LogP contribution < -0.4 is 15.4 Å². The molecule has 5 nitrogen and oxygen atoms in total. The number of ether oxygens (including phenoxy) is 1. The van der Waals surface area contributed by atoms with Gasteiger partial charge in [-0.05, 0) is 66.8 Å². The van der Waals surface area contributed by atoms with Crippen LogP contribution in [0.4, 0.5) is 5.69 Å². The monoisotopic (exact) mass is 406 g/mol. The van der Waals surface area contributed by atoms with Gasteiger partial charge in [-0.1, -0.05) is 24.3 Å². The van der Waals surface area contributed by atoms with E-state index in [1.807, 2.05) is 49.6 Å². The second-order valence-corrected chi connectivity index (χ2v) is 7.46. The molecular weight excluding hydrogens is 384 g/mol. The Bertz CT molecular complexity index is 1060.